The molecule has 84 valence electrons. The van der Waals surface area contributed by atoms with Crippen molar-refractivity contribution in [2.45, 2.75) is 32.5 Å². The molecule has 0 aromatic rings. The Labute approximate surface area is 84.2 Å². The van der Waals surface area contributed by atoms with Gasteiger partial charge in [0.25, 0.3) is 0 Å². The summed E-state index contributed by atoms with van der Waals surface area (Å²) in [5.74, 6) is -0.636. The van der Waals surface area contributed by atoms with Gasteiger partial charge in [-0.25, -0.2) is 4.79 Å². The lowest BCUT2D eigenvalue weighted by molar-refractivity contribution is -0.155. The normalized spacial score (nSPS) is 12.9. The summed E-state index contributed by atoms with van der Waals surface area (Å²) in [6.45, 7) is 4.56. The second-order valence-corrected chi connectivity index (χ2v) is 3.18. The number of hydrogen-bond acceptors (Lipinski definition) is 5. The molecule has 0 aromatic carbocycles. The quantitative estimate of drug-likeness (QED) is 0.439. The predicted molar refractivity (Wildman–Crippen MR) is 51.7 cm³/mol. The smallest absolute Gasteiger partial charge is 0.335 e. The van der Waals surface area contributed by atoms with Crippen molar-refractivity contribution in [3.8, 4) is 0 Å². The number of aliphatic hydroxyl groups is 1. The first kappa shape index (κ1) is 13.4. The van der Waals surface area contributed by atoms with E-state index in [1.54, 1.807) is 0 Å². The van der Waals surface area contributed by atoms with Crippen LogP contribution in [-0.4, -0.2) is 43.0 Å². The van der Waals surface area contributed by atoms with Gasteiger partial charge in [0.15, 0.2) is 6.10 Å². The van der Waals surface area contributed by atoms with E-state index in [2.05, 4.69) is 0 Å². The van der Waals surface area contributed by atoms with Gasteiger partial charge < -0.3 is 20.3 Å². The van der Waals surface area contributed by atoms with Crippen LogP contribution in [0.15, 0.2) is 0 Å². The standard InChI is InChI=1S/C9H19NO4/c1-7(2)13-5-6-14-9(12)8(11)3-4-10/h7-8,11H,3-6,10H2,1-2H3. The lowest BCUT2D eigenvalue weighted by atomic mass is 10.2. The Hall–Kier alpha value is -0.650. The van der Waals surface area contributed by atoms with Crippen LogP contribution in [0.1, 0.15) is 20.3 Å². The molecule has 0 rings (SSSR count). The van der Waals surface area contributed by atoms with E-state index in [-0.39, 0.29) is 25.7 Å². The largest absolute Gasteiger partial charge is 0.461 e. The van der Waals surface area contributed by atoms with Gasteiger partial charge in [-0.05, 0) is 26.8 Å². The van der Waals surface area contributed by atoms with E-state index >= 15 is 0 Å². The maximum atomic E-state index is 11.0. The van der Waals surface area contributed by atoms with Gasteiger partial charge in [0.2, 0.25) is 0 Å². The fraction of sp³-hybridized carbons (Fsp3) is 0.889. The van der Waals surface area contributed by atoms with E-state index in [9.17, 15) is 4.79 Å². The minimum Gasteiger partial charge on any atom is -0.461 e. The molecule has 0 saturated carbocycles. The molecule has 0 radical (unpaired) electrons. The molecule has 0 aliphatic heterocycles. The molecule has 0 aromatic heterocycles. The van der Waals surface area contributed by atoms with Crippen molar-refractivity contribution < 1.29 is 19.4 Å². The van der Waals surface area contributed by atoms with E-state index in [0.29, 0.717) is 6.61 Å². The summed E-state index contributed by atoms with van der Waals surface area (Å²) in [6, 6.07) is 0. The molecule has 0 bridgehead atoms. The molecular formula is C9H19NO4. The van der Waals surface area contributed by atoms with E-state index in [1.807, 2.05) is 13.8 Å². The lowest BCUT2D eigenvalue weighted by Crippen LogP contribution is -2.27. The van der Waals surface area contributed by atoms with Gasteiger partial charge in [0, 0.05) is 0 Å². The van der Waals surface area contributed by atoms with E-state index < -0.39 is 12.1 Å². The molecule has 1 unspecified atom stereocenters. The highest BCUT2D eigenvalue weighted by Gasteiger charge is 2.14. The minimum atomic E-state index is -1.11. The van der Waals surface area contributed by atoms with Gasteiger partial charge in [0.05, 0.1) is 12.7 Å². The Bertz CT molecular complexity index is 161. The Balaban J connectivity index is 3.44. The van der Waals surface area contributed by atoms with Crippen molar-refractivity contribution in [3.63, 3.8) is 0 Å². The van der Waals surface area contributed by atoms with Crippen molar-refractivity contribution in [1.82, 2.24) is 0 Å². The van der Waals surface area contributed by atoms with Gasteiger partial charge in [-0.1, -0.05) is 0 Å². The zero-order valence-corrected chi connectivity index (χ0v) is 8.73. The first-order valence-corrected chi connectivity index (χ1v) is 4.74. The second-order valence-electron chi connectivity index (χ2n) is 3.18. The molecule has 0 spiro atoms. The molecular weight excluding hydrogens is 186 g/mol. The van der Waals surface area contributed by atoms with Crippen molar-refractivity contribution in [2.75, 3.05) is 19.8 Å². The number of carbonyl (C=O) groups excluding carboxylic acids is 1. The van der Waals surface area contributed by atoms with E-state index in [0.717, 1.165) is 0 Å². The van der Waals surface area contributed by atoms with Crippen LogP contribution in [0.5, 0.6) is 0 Å². The molecule has 1 atom stereocenters. The molecule has 0 aliphatic carbocycles. The highest BCUT2D eigenvalue weighted by atomic mass is 16.6. The first-order valence-electron chi connectivity index (χ1n) is 4.74. The summed E-state index contributed by atoms with van der Waals surface area (Å²) in [5.41, 5.74) is 5.17. The Kier molecular flexibility index (Phi) is 7.37. The molecule has 5 nitrogen and oxygen atoms in total. The Morgan fingerprint density at radius 3 is 2.57 bits per heavy atom. The number of ether oxygens (including phenoxy) is 2. The van der Waals surface area contributed by atoms with Gasteiger partial charge in [-0.15, -0.1) is 0 Å². The summed E-state index contributed by atoms with van der Waals surface area (Å²) in [7, 11) is 0. The summed E-state index contributed by atoms with van der Waals surface area (Å²) in [4.78, 5) is 11.0. The number of esters is 1. The van der Waals surface area contributed by atoms with Crippen LogP contribution in [0.2, 0.25) is 0 Å². The lowest BCUT2D eigenvalue weighted by Gasteiger charge is -2.10. The monoisotopic (exact) mass is 205 g/mol. The summed E-state index contributed by atoms with van der Waals surface area (Å²) in [6.07, 6.45) is -0.772. The SMILES string of the molecule is CC(C)OCCOC(=O)C(O)CCN. The number of hydrogen-bond donors (Lipinski definition) is 2. The molecule has 0 saturated heterocycles. The number of carbonyl (C=O) groups is 1. The zero-order valence-electron chi connectivity index (χ0n) is 8.73. The van der Waals surface area contributed by atoms with Crippen molar-refractivity contribution in [2.24, 2.45) is 5.73 Å². The molecule has 0 amide bonds. The molecule has 0 heterocycles. The highest BCUT2D eigenvalue weighted by Crippen LogP contribution is 1.94. The number of rotatable bonds is 7. The summed E-state index contributed by atoms with van der Waals surface area (Å²) < 4.78 is 9.89. The van der Waals surface area contributed by atoms with Crippen LogP contribution in [0, 0.1) is 0 Å². The zero-order chi connectivity index (χ0) is 11.0. The van der Waals surface area contributed by atoms with Crippen LogP contribution in [0.25, 0.3) is 0 Å². The fourth-order valence-corrected chi connectivity index (χ4v) is 0.798. The average molecular weight is 205 g/mol. The van der Waals surface area contributed by atoms with Gasteiger partial charge >= 0.3 is 5.97 Å². The Morgan fingerprint density at radius 2 is 2.07 bits per heavy atom. The molecule has 0 aliphatic rings. The van der Waals surface area contributed by atoms with E-state index in [4.69, 9.17) is 20.3 Å². The third-order valence-corrected chi connectivity index (χ3v) is 1.49. The average Bonchev–Trinajstić information content (AvgIpc) is 2.12. The predicted octanol–water partition coefficient (Wildman–Crippen LogP) is -0.336. The molecule has 0 fully saturated rings. The van der Waals surface area contributed by atoms with Crippen molar-refractivity contribution in [1.29, 1.82) is 0 Å². The van der Waals surface area contributed by atoms with Crippen LogP contribution >= 0.6 is 0 Å². The van der Waals surface area contributed by atoms with Gasteiger partial charge in [-0.2, -0.15) is 0 Å². The van der Waals surface area contributed by atoms with Crippen LogP contribution in [-0.2, 0) is 14.3 Å². The third kappa shape index (κ3) is 6.82. The number of aliphatic hydroxyl groups excluding tert-OH is 1. The fourth-order valence-electron chi connectivity index (χ4n) is 0.798. The molecule has 3 N–H and O–H groups in total. The first-order chi connectivity index (χ1) is 6.57. The Morgan fingerprint density at radius 1 is 1.43 bits per heavy atom. The van der Waals surface area contributed by atoms with E-state index in [1.165, 1.54) is 0 Å². The van der Waals surface area contributed by atoms with Gasteiger partial charge in [-0.3, -0.25) is 0 Å². The van der Waals surface area contributed by atoms with Crippen molar-refractivity contribution >= 4 is 5.97 Å². The maximum absolute atomic E-state index is 11.0. The minimum absolute atomic E-state index is 0.114. The van der Waals surface area contributed by atoms with Crippen LogP contribution < -0.4 is 5.73 Å². The number of nitrogens with two attached hydrogens (primary N) is 1. The second kappa shape index (κ2) is 7.73. The summed E-state index contributed by atoms with van der Waals surface area (Å²) in [5, 5.41) is 9.13. The molecule has 14 heavy (non-hydrogen) atoms. The van der Waals surface area contributed by atoms with Gasteiger partial charge in [0.1, 0.15) is 6.61 Å². The van der Waals surface area contributed by atoms with Crippen LogP contribution in [0.3, 0.4) is 0 Å². The maximum Gasteiger partial charge on any atom is 0.335 e. The molecule has 5 heteroatoms. The topological polar surface area (TPSA) is 81.8 Å². The summed E-state index contributed by atoms with van der Waals surface area (Å²) >= 11 is 0. The highest BCUT2D eigenvalue weighted by molar-refractivity contribution is 5.74. The van der Waals surface area contributed by atoms with Crippen LogP contribution in [0.4, 0.5) is 0 Å². The third-order valence-electron chi connectivity index (χ3n) is 1.49. The van der Waals surface area contributed by atoms with Crippen molar-refractivity contribution in [3.05, 3.63) is 0 Å².